The van der Waals surface area contributed by atoms with Crippen LogP contribution in [0.2, 0.25) is 0 Å². The van der Waals surface area contributed by atoms with E-state index in [0.717, 1.165) is 10.9 Å². The zero-order valence-electron chi connectivity index (χ0n) is 8.88. The molecule has 1 heterocycles. The van der Waals surface area contributed by atoms with Crippen molar-refractivity contribution in [3.05, 3.63) is 36.5 Å². The molecule has 0 aliphatic rings. The number of hydrogen-bond acceptors (Lipinski definition) is 3. The molecule has 0 aliphatic carbocycles. The molecule has 4 heteroatoms. The van der Waals surface area contributed by atoms with Crippen LogP contribution in [0.15, 0.2) is 36.5 Å². The number of fused-ring (bicyclic) bond motifs is 1. The Morgan fingerprint density at radius 1 is 1.44 bits per heavy atom. The molecule has 82 valence electrons. The van der Waals surface area contributed by atoms with Crippen LogP contribution in [0, 0.1) is 0 Å². The molecule has 0 saturated heterocycles. The van der Waals surface area contributed by atoms with Gasteiger partial charge in [-0.1, -0.05) is 6.07 Å². The van der Waals surface area contributed by atoms with Crippen molar-refractivity contribution in [1.29, 1.82) is 0 Å². The van der Waals surface area contributed by atoms with Crippen molar-refractivity contribution in [2.24, 2.45) is 5.73 Å². The number of pyridine rings is 1. The molecule has 4 nitrogen and oxygen atoms in total. The van der Waals surface area contributed by atoms with Crippen LogP contribution in [-0.2, 0) is 4.79 Å². The Hall–Kier alpha value is -2.10. The minimum Gasteiger partial charge on any atom is -0.481 e. The van der Waals surface area contributed by atoms with Crippen molar-refractivity contribution < 1.29 is 9.53 Å². The van der Waals surface area contributed by atoms with E-state index in [-0.39, 0.29) is 0 Å². The van der Waals surface area contributed by atoms with E-state index in [4.69, 9.17) is 10.5 Å². The zero-order valence-corrected chi connectivity index (χ0v) is 8.88. The zero-order chi connectivity index (χ0) is 11.5. The summed E-state index contributed by atoms with van der Waals surface area (Å²) in [6, 6.07) is 9.31. The first-order valence-electron chi connectivity index (χ1n) is 4.97. The van der Waals surface area contributed by atoms with Crippen LogP contribution in [0.5, 0.6) is 5.75 Å². The van der Waals surface area contributed by atoms with Crippen LogP contribution in [-0.4, -0.2) is 17.0 Å². The van der Waals surface area contributed by atoms with Crippen LogP contribution < -0.4 is 10.5 Å². The number of carbonyl (C=O) groups is 1. The van der Waals surface area contributed by atoms with E-state index in [1.165, 1.54) is 0 Å². The van der Waals surface area contributed by atoms with Gasteiger partial charge in [-0.05, 0) is 25.1 Å². The molecule has 2 rings (SSSR count). The maximum absolute atomic E-state index is 10.8. The van der Waals surface area contributed by atoms with Gasteiger partial charge in [-0.3, -0.25) is 9.78 Å². The monoisotopic (exact) mass is 216 g/mol. The van der Waals surface area contributed by atoms with Gasteiger partial charge in [0.05, 0.1) is 5.52 Å². The van der Waals surface area contributed by atoms with Gasteiger partial charge in [0.2, 0.25) is 0 Å². The molecule has 0 aliphatic heterocycles. The number of primary amides is 1. The van der Waals surface area contributed by atoms with Crippen molar-refractivity contribution in [3.63, 3.8) is 0 Å². The van der Waals surface area contributed by atoms with Gasteiger partial charge in [-0.15, -0.1) is 0 Å². The smallest absolute Gasteiger partial charge is 0.258 e. The van der Waals surface area contributed by atoms with Gasteiger partial charge in [-0.25, -0.2) is 0 Å². The maximum atomic E-state index is 10.8. The number of carbonyl (C=O) groups excluding carboxylic acids is 1. The molecule has 16 heavy (non-hydrogen) atoms. The van der Waals surface area contributed by atoms with Crippen LogP contribution >= 0.6 is 0 Å². The second kappa shape index (κ2) is 4.18. The molecule has 1 unspecified atom stereocenters. The third-order valence-corrected chi connectivity index (χ3v) is 2.29. The molecule has 2 aromatic rings. The van der Waals surface area contributed by atoms with Crippen molar-refractivity contribution in [2.75, 3.05) is 0 Å². The van der Waals surface area contributed by atoms with Gasteiger partial charge < -0.3 is 10.5 Å². The number of hydrogen-bond donors (Lipinski definition) is 1. The lowest BCUT2D eigenvalue weighted by atomic mass is 10.2. The predicted molar refractivity (Wildman–Crippen MR) is 61.0 cm³/mol. The van der Waals surface area contributed by atoms with Crippen molar-refractivity contribution >= 4 is 16.8 Å². The standard InChI is InChI=1S/C12H12N2O2/c1-8(12(13)15)16-10-5-4-9-3-2-6-14-11(9)7-10/h2-8H,1H3,(H2,13,15). The second-order valence-electron chi connectivity index (χ2n) is 3.52. The van der Waals surface area contributed by atoms with E-state index in [2.05, 4.69) is 4.98 Å². The molecule has 1 aromatic carbocycles. The predicted octanol–water partition coefficient (Wildman–Crippen LogP) is 1.49. The summed E-state index contributed by atoms with van der Waals surface area (Å²) in [5.74, 6) is 0.110. The highest BCUT2D eigenvalue weighted by atomic mass is 16.5. The van der Waals surface area contributed by atoms with E-state index < -0.39 is 12.0 Å². The van der Waals surface area contributed by atoms with Gasteiger partial charge in [0.1, 0.15) is 5.75 Å². The quantitative estimate of drug-likeness (QED) is 0.845. The molecule has 1 amide bonds. The normalized spacial score (nSPS) is 12.3. The van der Waals surface area contributed by atoms with E-state index >= 15 is 0 Å². The van der Waals surface area contributed by atoms with Crippen LogP contribution in [0.1, 0.15) is 6.92 Å². The molecular formula is C12H12N2O2. The largest absolute Gasteiger partial charge is 0.481 e. The topological polar surface area (TPSA) is 65.2 Å². The summed E-state index contributed by atoms with van der Waals surface area (Å²) in [4.78, 5) is 15.0. The molecule has 1 atom stereocenters. The Morgan fingerprint density at radius 3 is 3.00 bits per heavy atom. The summed E-state index contributed by atoms with van der Waals surface area (Å²) in [5, 5.41) is 1.03. The summed E-state index contributed by atoms with van der Waals surface area (Å²) in [7, 11) is 0. The Labute approximate surface area is 93.0 Å². The van der Waals surface area contributed by atoms with Crippen molar-refractivity contribution in [1.82, 2.24) is 4.98 Å². The third kappa shape index (κ3) is 2.11. The molecule has 1 aromatic heterocycles. The van der Waals surface area contributed by atoms with Crippen molar-refractivity contribution in [2.45, 2.75) is 13.0 Å². The lowest BCUT2D eigenvalue weighted by Gasteiger charge is -2.11. The minimum atomic E-state index is -0.638. The van der Waals surface area contributed by atoms with Crippen LogP contribution in [0.3, 0.4) is 0 Å². The van der Waals surface area contributed by atoms with Crippen LogP contribution in [0.25, 0.3) is 10.9 Å². The summed E-state index contributed by atoms with van der Waals surface area (Å²) < 4.78 is 5.37. The highest BCUT2D eigenvalue weighted by Crippen LogP contribution is 2.19. The fourth-order valence-corrected chi connectivity index (χ4v) is 1.38. The Bertz CT molecular complexity index is 525. The molecule has 0 bridgehead atoms. The fraction of sp³-hybridized carbons (Fsp3) is 0.167. The molecule has 0 spiro atoms. The molecule has 2 N–H and O–H groups in total. The van der Waals surface area contributed by atoms with E-state index in [1.54, 1.807) is 25.3 Å². The van der Waals surface area contributed by atoms with Gasteiger partial charge in [0.25, 0.3) is 5.91 Å². The first-order valence-corrected chi connectivity index (χ1v) is 4.97. The lowest BCUT2D eigenvalue weighted by molar-refractivity contribution is -0.123. The van der Waals surface area contributed by atoms with Gasteiger partial charge in [0, 0.05) is 17.6 Å². The highest BCUT2D eigenvalue weighted by molar-refractivity contribution is 5.81. The number of rotatable bonds is 3. The number of amides is 1. The van der Waals surface area contributed by atoms with E-state index in [9.17, 15) is 4.79 Å². The minimum absolute atomic E-state index is 0.485. The molecular weight excluding hydrogens is 204 g/mol. The van der Waals surface area contributed by atoms with Crippen LogP contribution in [0.4, 0.5) is 0 Å². The summed E-state index contributed by atoms with van der Waals surface area (Å²) in [6.45, 7) is 1.62. The number of nitrogens with two attached hydrogens (primary N) is 1. The van der Waals surface area contributed by atoms with E-state index in [1.807, 2.05) is 18.2 Å². The van der Waals surface area contributed by atoms with Gasteiger partial charge >= 0.3 is 0 Å². The molecule has 0 fully saturated rings. The Morgan fingerprint density at radius 2 is 2.25 bits per heavy atom. The first-order chi connectivity index (χ1) is 7.66. The highest BCUT2D eigenvalue weighted by Gasteiger charge is 2.10. The Kier molecular flexibility index (Phi) is 2.72. The number of nitrogens with zero attached hydrogens (tertiary/aromatic N) is 1. The Balaban J connectivity index is 2.29. The summed E-state index contributed by atoms with van der Waals surface area (Å²) >= 11 is 0. The first kappa shape index (κ1) is 10.4. The number of ether oxygens (including phenoxy) is 1. The van der Waals surface area contributed by atoms with Gasteiger partial charge in [0.15, 0.2) is 6.10 Å². The number of benzene rings is 1. The summed E-state index contributed by atoms with van der Waals surface area (Å²) in [5.41, 5.74) is 5.95. The molecule has 0 saturated carbocycles. The van der Waals surface area contributed by atoms with Gasteiger partial charge in [-0.2, -0.15) is 0 Å². The lowest BCUT2D eigenvalue weighted by Crippen LogP contribution is -2.30. The fourth-order valence-electron chi connectivity index (χ4n) is 1.38. The second-order valence-corrected chi connectivity index (χ2v) is 3.52. The average Bonchev–Trinajstić information content (AvgIpc) is 2.28. The number of aromatic nitrogens is 1. The third-order valence-electron chi connectivity index (χ3n) is 2.29. The van der Waals surface area contributed by atoms with Crippen molar-refractivity contribution in [3.8, 4) is 5.75 Å². The molecule has 0 radical (unpaired) electrons. The average molecular weight is 216 g/mol. The SMILES string of the molecule is CC(Oc1ccc2cccnc2c1)C(N)=O. The maximum Gasteiger partial charge on any atom is 0.258 e. The summed E-state index contributed by atoms with van der Waals surface area (Å²) in [6.07, 6.45) is 1.07. The van der Waals surface area contributed by atoms with E-state index in [0.29, 0.717) is 5.75 Å².